The number of aryl methyl sites for hydroxylation is 1. The van der Waals surface area contributed by atoms with Crippen LogP contribution in [0.15, 0.2) is 30.5 Å². The van der Waals surface area contributed by atoms with Crippen molar-refractivity contribution < 1.29 is 5.11 Å². The summed E-state index contributed by atoms with van der Waals surface area (Å²) < 4.78 is 2.16. The maximum atomic E-state index is 9.65. The number of hydrogen-bond acceptors (Lipinski definition) is 1. The second-order valence-corrected chi connectivity index (χ2v) is 3.56. The minimum absolute atomic E-state index is 0.404. The van der Waals surface area contributed by atoms with Crippen molar-refractivity contribution in [3.8, 4) is 0 Å². The molecule has 0 aliphatic rings. The molecular weight excluding hydrogens is 174 g/mol. The molecule has 74 valence electrons. The lowest BCUT2D eigenvalue weighted by Gasteiger charge is -2.09. The van der Waals surface area contributed by atoms with Crippen molar-refractivity contribution in [2.24, 2.45) is 0 Å². The van der Waals surface area contributed by atoms with Gasteiger partial charge in [0.15, 0.2) is 0 Å². The molecule has 1 atom stereocenters. The fourth-order valence-electron chi connectivity index (χ4n) is 1.89. The van der Waals surface area contributed by atoms with Crippen LogP contribution in [0.4, 0.5) is 0 Å². The van der Waals surface area contributed by atoms with Crippen LogP contribution in [0, 0.1) is 0 Å². The van der Waals surface area contributed by atoms with Crippen LogP contribution in [-0.4, -0.2) is 9.67 Å². The fourth-order valence-corrected chi connectivity index (χ4v) is 1.89. The van der Waals surface area contributed by atoms with Crippen molar-refractivity contribution in [2.75, 3.05) is 0 Å². The van der Waals surface area contributed by atoms with E-state index in [9.17, 15) is 5.11 Å². The van der Waals surface area contributed by atoms with E-state index in [4.69, 9.17) is 0 Å². The number of benzene rings is 1. The molecule has 0 fully saturated rings. The predicted molar refractivity (Wildman–Crippen MR) is 58.2 cm³/mol. The van der Waals surface area contributed by atoms with Gasteiger partial charge in [-0.25, -0.2) is 0 Å². The van der Waals surface area contributed by atoms with Crippen LogP contribution in [0.1, 0.15) is 25.5 Å². The molecule has 14 heavy (non-hydrogen) atoms. The molecule has 1 aromatic heterocycles. The van der Waals surface area contributed by atoms with Crippen molar-refractivity contribution >= 4 is 10.9 Å². The van der Waals surface area contributed by atoms with Gasteiger partial charge in [-0.2, -0.15) is 0 Å². The molecule has 0 amide bonds. The van der Waals surface area contributed by atoms with Crippen LogP contribution >= 0.6 is 0 Å². The fraction of sp³-hybridized carbons (Fsp3) is 0.333. The number of nitrogens with zero attached hydrogens (tertiary/aromatic N) is 1. The number of rotatable bonds is 2. The molecule has 2 aromatic rings. The first-order valence-corrected chi connectivity index (χ1v) is 5.00. The lowest BCUT2D eigenvalue weighted by atomic mass is 10.1. The van der Waals surface area contributed by atoms with Gasteiger partial charge in [-0.15, -0.1) is 0 Å². The lowest BCUT2D eigenvalue weighted by Crippen LogP contribution is -1.98. The number of hydrogen-bond donors (Lipinski definition) is 1. The molecule has 0 spiro atoms. The van der Waals surface area contributed by atoms with Crippen LogP contribution < -0.4 is 0 Å². The Labute approximate surface area is 83.8 Å². The molecule has 0 saturated heterocycles. The summed E-state index contributed by atoms with van der Waals surface area (Å²) in [5, 5.41) is 10.8. The van der Waals surface area contributed by atoms with Crippen molar-refractivity contribution in [1.82, 2.24) is 4.57 Å². The van der Waals surface area contributed by atoms with E-state index < -0.39 is 6.10 Å². The molecule has 1 unspecified atom stereocenters. The summed E-state index contributed by atoms with van der Waals surface area (Å²) in [6, 6.07) is 8.14. The Kier molecular flexibility index (Phi) is 2.30. The Morgan fingerprint density at radius 1 is 1.36 bits per heavy atom. The highest BCUT2D eigenvalue weighted by atomic mass is 16.3. The summed E-state index contributed by atoms with van der Waals surface area (Å²) in [6.07, 6.45) is 1.66. The molecule has 1 aromatic carbocycles. The molecule has 2 nitrogen and oxygen atoms in total. The standard InChI is InChI=1S/C12H15NO/c1-3-13-8-7-10-5-4-6-11(9(2)14)12(10)13/h4-9,14H,3H2,1-2H3. The minimum atomic E-state index is -0.404. The van der Waals surface area contributed by atoms with Gasteiger partial charge in [0.05, 0.1) is 11.6 Å². The summed E-state index contributed by atoms with van der Waals surface area (Å²) in [5.41, 5.74) is 2.17. The van der Waals surface area contributed by atoms with Crippen molar-refractivity contribution in [3.63, 3.8) is 0 Å². The van der Waals surface area contributed by atoms with E-state index >= 15 is 0 Å². The average Bonchev–Trinajstić information content (AvgIpc) is 2.59. The summed E-state index contributed by atoms with van der Waals surface area (Å²) in [4.78, 5) is 0. The average molecular weight is 189 g/mol. The second-order valence-electron chi connectivity index (χ2n) is 3.56. The Morgan fingerprint density at radius 2 is 2.14 bits per heavy atom. The highest BCUT2D eigenvalue weighted by Gasteiger charge is 2.08. The molecule has 1 N–H and O–H groups in total. The maximum absolute atomic E-state index is 9.65. The first-order valence-electron chi connectivity index (χ1n) is 5.00. The van der Waals surface area contributed by atoms with Gasteiger partial charge >= 0.3 is 0 Å². The van der Waals surface area contributed by atoms with E-state index in [0.29, 0.717) is 0 Å². The zero-order valence-electron chi connectivity index (χ0n) is 8.57. The van der Waals surface area contributed by atoms with Gasteiger partial charge in [0.25, 0.3) is 0 Å². The van der Waals surface area contributed by atoms with Gasteiger partial charge < -0.3 is 9.67 Å². The number of aromatic nitrogens is 1. The van der Waals surface area contributed by atoms with Crippen molar-refractivity contribution in [1.29, 1.82) is 0 Å². The van der Waals surface area contributed by atoms with Crippen LogP contribution in [0.2, 0.25) is 0 Å². The molecular formula is C12H15NO. The normalized spacial score (nSPS) is 13.4. The monoisotopic (exact) mass is 189 g/mol. The Balaban J connectivity index is 2.75. The number of aliphatic hydroxyl groups excluding tert-OH is 1. The van der Waals surface area contributed by atoms with E-state index in [1.807, 2.05) is 19.1 Å². The summed E-state index contributed by atoms with van der Waals surface area (Å²) in [6.45, 7) is 4.85. The molecule has 2 heteroatoms. The molecule has 0 aliphatic carbocycles. The van der Waals surface area contributed by atoms with Gasteiger partial charge in [-0.1, -0.05) is 18.2 Å². The Bertz CT molecular complexity index is 443. The van der Waals surface area contributed by atoms with E-state index in [1.165, 1.54) is 5.39 Å². The third-order valence-corrected chi connectivity index (χ3v) is 2.61. The predicted octanol–water partition coefficient (Wildman–Crippen LogP) is 2.71. The zero-order chi connectivity index (χ0) is 10.1. The lowest BCUT2D eigenvalue weighted by molar-refractivity contribution is 0.200. The zero-order valence-corrected chi connectivity index (χ0v) is 8.57. The van der Waals surface area contributed by atoms with Gasteiger partial charge in [0.1, 0.15) is 0 Å². The number of aliphatic hydroxyl groups is 1. The number of fused-ring (bicyclic) bond motifs is 1. The second kappa shape index (κ2) is 3.46. The molecule has 2 rings (SSSR count). The smallest absolute Gasteiger partial charge is 0.0782 e. The topological polar surface area (TPSA) is 25.2 Å². The Hall–Kier alpha value is -1.28. The molecule has 0 bridgehead atoms. The van der Waals surface area contributed by atoms with Gasteiger partial charge in [0.2, 0.25) is 0 Å². The van der Waals surface area contributed by atoms with Crippen LogP contribution in [-0.2, 0) is 6.54 Å². The summed E-state index contributed by atoms with van der Waals surface area (Å²) in [7, 11) is 0. The minimum Gasteiger partial charge on any atom is -0.389 e. The molecule has 0 saturated carbocycles. The molecule has 1 heterocycles. The van der Waals surface area contributed by atoms with Gasteiger partial charge in [-0.05, 0) is 25.3 Å². The first kappa shape index (κ1) is 9.28. The first-order chi connectivity index (χ1) is 6.74. The highest BCUT2D eigenvalue weighted by molar-refractivity contribution is 5.83. The van der Waals surface area contributed by atoms with E-state index in [0.717, 1.165) is 17.6 Å². The largest absolute Gasteiger partial charge is 0.389 e. The third-order valence-electron chi connectivity index (χ3n) is 2.61. The summed E-state index contributed by atoms with van der Waals surface area (Å²) >= 11 is 0. The summed E-state index contributed by atoms with van der Waals surface area (Å²) in [5.74, 6) is 0. The molecule has 0 aliphatic heterocycles. The van der Waals surface area contributed by atoms with Gasteiger partial charge in [0, 0.05) is 18.3 Å². The van der Waals surface area contributed by atoms with E-state index in [2.05, 4.69) is 29.8 Å². The molecule has 0 radical (unpaired) electrons. The van der Waals surface area contributed by atoms with Crippen LogP contribution in [0.3, 0.4) is 0 Å². The van der Waals surface area contributed by atoms with Crippen LogP contribution in [0.5, 0.6) is 0 Å². The SMILES string of the molecule is CCn1ccc2cccc(C(C)O)c21. The highest BCUT2D eigenvalue weighted by Crippen LogP contribution is 2.24. The van der Waals surface area contributed by atoms with Crippen LogP contribution in [0.25, 0.3) is 10.9 Å². The number of para-hydroxylation sites is 1. The van der Waals surface area contributed by atoms with E-state index in [1.54, 1.807) is 0 Å². The Morgan fingerprint density at radius 3 is 2.79 bits per heavy atom. The quantitative estimate of drug-likeness (QED) is 0.772. The van der Waals surface area contributed by atoms with Crippen molar-refractivity contribution in [2.45, 2.75) is 26.5 Å². The third kappa shape index (κ3) is 1.32. The van der Waals surface area contributed by atoms with E-state index in [-0.39, 0.29) is 0 Å². The maximum Gasteiger partial charge on any atom is 0.0782 e. The van der Waals surface area contributed by atoms with Crippen molar-refractivity contribution in [3.05, 3.63) is 36.0 Å². The van der Waals surface area contributed by atoms with Gasteiger partial charge in [-0.3, -0.25) is 0 Å².